The first-order chi connectivity index (χ1) is 21.2. The van der Waals surface area contributed by atoms with Gasteiger partial charge in [-0.1, -0.05) is 91.0 Å². The maximum atomic E-state index is 7.20. The molecule has 3 aromatic carbocycles. The minimum Gasteiger partial charge on any atom is -0.368 e. The van der Waals surface area contributed by atoms with Crippen molar-refractivity contribution in [2.45, 2.75) is 94.3 Å². The number of hydrogen-bond donors (Lipinski definition) is 0. The summed E-state index contributed by atoms with van der Waals surface area (Å²) in [6, 6.07) is 30.7. The van der Waals surface area contributed by atoms with Crippen molar-refractivity contribution in [2.24, 2.45) is 17.8 Å². The van der Waals surface area contributed by atoms with Crippen molar-refractivity contribution in [3.63, 3.8) is 0 Å². The van der Waals surface area contributed by atoms with E-state index in [9.17, 15) is 0 Å². The highest BCUT2D eigenvalue weighted by Crippen LogP contribution is 2.58. The van der Waals surface area contributed by atoms with E-state index in [4.69, 9.17) is 28.4 Å². The summed E-state index contributed by atoms with van der Waals surface area (Å²) < 4.78 is 40.6. The van der Waals surface area contributed by atoms with Crippen molar-refractivity contribution >= 4 is 0 Å². The normalized spacial score (nSPS) is 38.1. The maximum Gasteiger partial charge on any atom is 0.187 e. The van der Waals surface area contributed by atoms with E-state index in [1.54, 1.807) is 0 Å². The lowest BCUT2D eigenvalue weighted by Crippen LogP contribution is -2.65. The van der Waals surface area contributed by atoms with E-state index < -0.39 is 24.8 Å². The molecule has 0 radical (unpaired) electrons. The van der Waals surface area contributed by atoms with E-state index in [2.05, 4.69) is 24.3 Å². The Bertz CT molecular complexity index is 1300. The Morgan fingerprint density at radius 1 is 0.628 bits per heavy atom. The number of rotatable bonds is 9. The monoisotopic (exact) mass is 582 g/mol. The van der Waals surface area contributed by atoms with E-state index in [0.717, 1.165) is 53.7 Å². The molecule has 6 nitrogen and oxygen atoms in total. The predicted molar refractivity (Wildman–Crippen MR) is 161 cm³/mol. The summed E-state index contributed by atoms with van der Waals surface area (Å²) in [5.74, 6) is 2.30. The summed E-state index contributed by atoms with van der Waals surface area (Å²) >= 11 is 0. The van der Waals surface area contributed by atoms with Gasteiger partial charge in [0, 0.05) is 5.56 Å². The molecule has 6 aliphatic rings. The van der Waals surface area contributed by atoms with Crippen molar-refractivity contribution in [2.75, 3.05) is 6.61 Å². The highest BCUT2D eigenvalue weighted by atomic mass is 16.8. The van der Waals surface area contributed by atoms with Crippen LogP contribution in [0.4, 0.5) is 0 Å². The van der Waals surface area contributed by atoms with Crippen LogP contribution in [0.2, 0.25) is 0 Å². The molecule has 43 heavy (non-hydrogen) atoms. The third-order valence-electron chi connectivity index (χ3n) is 10.3. The number of benzene rings is 3. The molecule has 2 aliphatic heterocycles. The first-order valence-corrected chi connectivity index (χ1v) is 16.2. The van der Waals surface area contributed by atoms with Gasteiger partial charge in [0.2, 0.25) is 0 Å². The van der Waals surface area contributed by atoms with Crippen LogP contribution in [0.1, 0.15) is 61.5 Å². The van der Waals surface area contributed by atoms with Crippen LogP contribution in [0.5, 0.6) is 0 Å². The molecule has 0 N–H and O–H groups in total. The van der Waals surface area contributed by atoms with Crippen LogP contribution in [-0.2, 0) is 41.6 Å². The molecule has 6 fully saturated rings. The second kappa shape index (κ2) is 12.1. The predicted octanol–water partition coefficient (Wildman–Crippen LogP) is 6.98. The largest absolute Gasteiger partial charge is 0.368 e. The van der Waals surface area contributed by atoms with Gasteiger partial charge in [-0.3, -0.25) is 0 Å². The molecule has 2 saturated heterocycles. The Hall–Kier alpha value is -2.58. The topological polar surface area (TPSA) is 55.4 Å². The summed E-state index contributed by atoms with van der Waals surface area (Å²) in [4.78, 5) is 0. The smallest absolute Gasteiger partial charge is 0.187 e. The lowest BCUT2D eigenvalue weighted by molar-refractivity contribution is -0.391. The van der Waals surface area contributed by atoms with Crippen LogP contribution < -0.4 is 0 Å². The van der Waals surface area contributed by atoms with Gasteiger partial charge in [0.25, 0.3) is 0 Å². The highest BCUT2D eigenvalue weighted by Gasteiger charge is 2.57. The quantitative estimate of drug-likeness (QED) is 0.271. The van der Waals surface area contributed by atoms with Gasteiger partial charge in [-0.2, -0.15) is 0 Å². The zero-order valence-electron chi connectivity index (χ0n) is 24.7. The molecular weight excluding hydrogens is 540 g/mol. The zero-order chi connectivity index (χ0) is 28.6. The number of ether oxygens (including phenoxy) is 6. The molecule has 4 aliphatic carbocycles. The molecule has 226 valence electrons. The molecule has 4 bridgehead atoms. The molecule has 9 rings (SSSR count). The van der Waals surface area contributed by atoms with Crippen LogP contribution in [0, 0.1) is 17.8 Å². The molecule has 0 spiro atoms. The van der Waals surface area contributed by atoms with Gasteiger partial charge in [0.05, 0.1) is 25.4 Å². The lowest BCUT2D eigenvalue weighted by atomic mass is 9.54. The standard InChI is InChI=1S/C37H42O6/c1-4-10-25(11-5-1)22-38-33-32-31(24-40-35(42-32)30-14-8-3-9-15-30)41-36(34(33)39-23-26-12-6-2-7-13-26)43-37-19-27-16-28(20-37)18-29(17-27)21-37/h1-15,27-29,31-36H,16-24H2/t27?,28?,29?,31?,32-,33+,34?,35?,36-,37?/m1/s1. The fourth-order valence-corrected chi connectivity index (χ4v) is 8.74. The van der Waals surface area contributed by atoms with E-state index in [1.807, 2.05) is 66.7 Å². The van der Waals surface area contributed by atoms with Gasteiger partial charge in [-0.15, -0.1) is 0 Å². The Morgan fingerprint density at radius 2 is 1.16 bits per heavy atom. The maximum absolute atomic E-state index is 7.20. The summed E-state index contributed by atoms with van der Waals surface area (Å²) in [6.07, 6.45) is 4.81. The second-order valence-electron chi connectivity index (χ2n) is 13.5. The zero-order valence-corrected chi connectivity index (χ0v) is 24.7. The molecule has 2 heterocycles. The molecule has 0 amide bonds. The van der Waals surface area contributed by atoms with Crippen molar-refractivity contribution in [3.8, 4) is 0 Å². The van der Waals surface area contributed by atoms with E-state index in [0.29, 0.717) is 19.8 Å². The van der Waals surface area contributed by atoms with Crippen LogP contribution in [-0.4, -0.2) is 42.9 Å². The van der Waals surface area contributed by atoms with Gasteiger partial charge < -0.3 is 28.4 Å². The lowest BCUT2D eigenvalue weighted by Gasteiger charge is -2.58. The molecular formula is C37H42O6. The fraction of sp³-hybridized carbons (Fsp3) is 0.514. The van der Waals surface area contributed by atoms with E-state index in [1.165, 1.54) is 19.3 Å². The van der Waals surface area contributed by atoms with Gasteiger partial charge in [-0.05, 0) is 67.4 Å². The van der Waals surface area contributed by atoms with Gasteiger partial charge in [-0.25, -0.2) is 0 Å². The molecule has 6 heteroatoms. The van der Waals surface area contributed by atoms with Crippen LogP contribution in [0.15, 0.2) is 91.0 Å². The Labute approximate surface area is 254 Å². The second-order valence-corrected chi connectivity index (χ2v) is 13.5. The minimum absolute atomic E-state index is 0.145. The molecule has 3 unspecified atom stereocenters. The average Bonchev–Trinajstić information content (AvgIpc) is 3.03. The molecule has 6 atom stereocenters. The first kappa shape index (κ1) is 27.9. The molecule has 0 aromatic heterocycles. The summed E-state index contributed by atoms with van der Waals surface area (Å²) in [6.45, 7) is 1.29. The summed E-state index contributed by atoms with van der Waals surface area (Å²) in [5.41, 5.74) is 3.05. The minimum atomic E-state index is -0.567. The summed E-state index contributed by atoms with van der Waals surface area (Å²) in [5, 5.41) is 0. The third kappa shape index (κ3) is 5.94. The first-order valence-electron chi connectivity index (χ1n) is 16.2. The molecule has 4 saturated carbocycles. The van der Waals surface area contributed by atoms with Crippen LogP contribution >= 0.6 is 0 Å². The summed E-state index contributed by atoms with van der Waals surface area (Å²) in [7, 11) is 0. The number of hydrogen-bond acceptors (Lipinski definition) is 6. The third-order valence-corrected chi connectivity index (χ3v) is 10.3. The number of fused-ring (bicyclic) bond motifs is 1. The SMILES string of the molecule is c1ccc(COC2[C@@H](OC34CC5CC(CC(C5)C3)C4)OC3COC(c4ccccc4)O[C@H]3[C@@H]2OCc2ccccc2)cc1. The Kier molecular flexibility index (Phi) is 7.84. The van der Waals surface area contributed by atoms with Crippen molar-refractivity contribution in [3.05, 3.63) is 108 Å². The van der Waals surface area contributed by atoms with Crippen molar-refractivity contribution in [1.82, 2.24) is 0 Å². The Balaban J connectivity index is 1.10. The van der Waals surface area contributed by atoms with E-state index in [-0.39, 0.29) is 17.8 Å². The average molecular weight is 583 g/mol. The van der Waals surface area contributed by atoms with E-state index >= 15 is 0 Å². The highest BCUT2D eigenvalue weighted by molar-refractivity contribution is 5.18. The Morgan fingerprint density at radius 3 is 1.74 bits per heavy atom. The van der Waals surface area contributed by atoms with Crippen LogP contribution in [0.3, 0.4) is 0 Å². The van der Waals surface area contributed by atoms with Gasteiger partial charge >= 0.3 is 0 Å². The molecule has 3 aromatic rings. The van der Waals surface area contributed by atoms with Gasteiger partial charge in [0.1, 0.15) is 24.4 Å². The van der Waals surface area contributed by atoms with Gasteiger partial charge in [0.15, 0.2) is 12.6 Å². The van der Waals surface area contributed by atoms with Crippen LogP contribution in [0.25, 0.3) is 0 Å². The fourth-order valence-electron chi connectivity index (χ4n) is 8.74. The van der Waals surface area contributed by atoms with Crippen molar-refractivity contribution in [1.29, 1.82) is 0 Å². The van der Waals surface area contributed by atoms with Crippen molar-refractivity contribution < 1.29 is 28.4 Å².